The van der Waals surface area contributed by atoms with Crippen molar-refractivity contribution in [2.45, 2.75) is 77.6 Å². The van der Waals surface area contributed by atoms with E-state index < -0.39 is 11.7 Å². The zero-order chi connectivity index (χ0) is 15.9. The van der Waals surface area contributed by atoms with Gasteiger partial charge in [0, 0.05) is 13.1 Å². The second-order valence-corrected chi connectivity index (χ2v) is 7.47. The summed E-state index contributed by atoms with van der Waals surface area (Å²) in [5.74, 6) is 1.34. The Morgan fingerprint density at radius 2 is 1.86 bits per heavy atom. The first-order valence-electron chi connectivity index (χ1n) is 8.53. The second kappa shape index (κ2) is 9.09. The fraction of sp³-hybridized carbons (Fsp3) is 1.00. The van der Waals surface area contributed by atoms with Crippen LogP contribution in [0.2, 0.25) is 0 Å². The van der Waals surface area contributed by atoms with E-state index in [1.54, 1.807) is 0 Å². The fourth-order valence-corrected chi connectivity index (χ4v) is 3.01. The first kappa shape index (κ1) is 18.9. The van der Waals surface area contributed by atoms with Crippen molar-refractivity contribution in [1.29, 1.82) is 0 Å². The minimum atomic E-state index is -0.585. The lowest BCUT2D eigenvalue weighted by atomic mass is 9.79. The van der Waals surface area contributed by atoms with Gasteiger partial charge in [-0.15, -0.1) is 0 Å². The Bertz CT molecular complexity index is 275. The van der Waals surface area contributed by atoms with E-state index in [1.807, 2.05) is 6.92 Å². The molecule has 0 saturated heterocycles. The normalized spacial score (nSPS) is 29.6. The van der Waals surface area contributed by atoms with Crippen molar-refractivity contribution in [3.63, 3.8) is 0 Å². The molecule has 0 amide bonds. The molecule has 0 aromatic heterocycles. The van der Waals surface area contributed by atoms with Gasteiger partial charge in [0.2, 0.25) is 0 Å². The average molecular weight is 301 g/mol. The van der Waals surface area contributed by atoms with Gasteiger partial charge in [0.15, 0.2) is 0 Å². The van der Waals surface area contributed by atoms with Gasteiger partial charge in [0.1, 0.15) is 0 Å². The molecule has 1 fully saturated rings. The van der Waals surface area contributed by atoms with E-state index in [2.05, 4.69) is 26.1 Å². The van der Waals surface area contributed by atoms with Crippen LogP contribution in [-0.2, 0) is 4.74 Å². The smallest absolute Gasteiger partial charge is 0.0897 e. The van der Waals surface area contributed by atoms with Crippen LogP contribution in [0.15, 0.2) is 0 Å². The van der Waals surface area contributed by atoms with E-state index in [-0.39, 0.29) is 6.10 Å². The van der Waals surface area contributed by atoms with Gasteiger partial charge in [0.05, 0.1) is 24.4 Å². The van der Waals surface area contributed by atoms with Gasteiger partial charge in [0.25, 0.3) is 0 Å². The average Bonchev–Trinajstić information content (AvgIpc) is 2.39. The minimum Gasteiger partial charge on any atom is -0.389 e. The maximum atomic E-state index is 10.4. The number of hydrogen-bond donors (Lipinski definition) is 3. The molecule has 0 aromatic rings. The quantitative estimate of drug-likeness (QED) is 0.612. The molecular formula is C17H35NO3. The lowest BCUT2D eigenvalue weighted by Crippen LogP contribution is -2.45. The molecule has 4 nitrogen and oxygen atoms in total. The van der Waals surface area contributed by atoms with Crippen LogP contribution in [0.4, 0.5) is 0 Å². The maximum Gasteiger partial charge on any atom is 0.0897 e. The van der Waals surface area contributed by atoms with Crippen molar-refractivity contribution < 1.29 is 14.9 Å². The Morgan fingerprint density at radius 3 is 2.43 bits per heavy atom. The van der Waals surface area contributed by atoms with Crippen LogP contribution in [-0.4, -0.2) is 47.7 Å². The van der Waals surface area contributed by atoms with Crippen LogP contribution in [0.25, 0.3) is 0 Å². The molecule has 3 N–H and O–H groups in total. The van der Waals surface area contributed by atoms with Crippen LogP contribution in [0.3, 0.4) is 0 Å². The summed E-state index contributed by atoms with van der Waals surface area (Å²) in [4.78, 5) is 0. The monoisotopic (exact) mass is 301 g/mol. The van der Waals surface area contributed by atoms with Crippen molar-refractivity contribution >= 4 is 0 Å². The number of rotatable bonds is 9. The van der Waals surface area contributed by atoms with Gasteiger partial charge in [-0.05, 0) is 50.9 Å². The molecule has 1 aliphatic carbocycles. The van der Waals surface area contributed by atoms with Gasteiger partial charge in [-0.2, -0.15) is 0 Å². The maximum absolute atomic E-state index is 10.4. The molecule has 0 spiro atoms. The molecule has 0 radical (unpaired) electrons. The summed E-state index contributed by atoms with van der Waals surface area (Å²) >= 11 is 0. The third-order valence-electron chi connectivity index (χ3n) is 4.42. The molecular weight excluding hydrogens is 266 g/mol. The largest absolute Gasteiger partial charge is 0.389 e. The Morgan fingerprint density at radius 1 is 1.24 bits per heavy atom. The Hall–Kier alpha value is -0.160. The lowest BCUT2D eigenvalue weighted by molar-refractivity contribution is -0.0217. The highest BCUT2D eigenvalue weighted by Crippen LogP contribution is 2.31. The number of nitrogens with one attached hydrogen (secondary N) is 1. The van der Waals surface area contributed by atoms with Gasteiger partial charge >= 0.3 is 0 Å². The number of aliphatic hydroxyl groups excluding tert-OH is 1. The Kier molecular flexibility index (Phi) is 8.17. The molecule has 0 bridgehead atoms. The van der Waals surface area contributed by atoms with Gasteiger partial charge in [-0.25, -0.2) is 0 Å². The highest BCUT2D eigenvalue weighted by molar-refractivity contribution is 4.86. The molecule has 21 heavy (non-hydrogen) atoms. The second-order valence-electron chi connectivity index (χ2n) is 7.47. The molecule has 126 valence electrons. The van der Waals surface area contributed by atoms with Gasteiger partial charge in [-0.3, -0.25) is 0 Å². The molecule has 0 aliphatic heterocycles. The number of aliphatic hydroxyl groups is 2. The van der Waals surface area contributed by atoms with E-state index >= 15 is 0 Å². The summed E-state index contributed by atoms with van der Waals surface area (Å²) in [6.45, 7) is 10.0. The summed E-state index contributed by atoms with van der Waals surface area (Å²) < 4.78 is 5.64. The minimum absolute atomic E-state index is 0.184. The van der Waals surface area contributed by atoms with Crippen molar-refractivity contribution in [1.82, 2.24) is 5.32 Å². The van der Waals surface area contributed by atoms with Crippen LogP contribution < -0.4 is 5.32 Å². The first-order chi connectivity index (χ1) is 9.81. The predicted octanol–water partition coefficient (Wildman–Crippen LogP) is 2.33. The van der Waals surface area contributed by atoms with Gasteiger partial charge in [-0.1, -0.05) is 20.8 Å². The summed E-state index contributed by atoms with van der Waals surface area (Å²) in [6, 6.07) is 0. The SMILES string of the molecule is CC(C)CC(C)OCC(O)CNCC1(O)CCC(C)CC1. The molecule has 1 saturated carbocycles. The zero-order valence-corrected chi connectivity index (χ0v) is 14.3. The molecule has 0 aromatic carbocycles. The van der Waals surface area contributed by atoms with Crippen LogP contribution in [0, 0.1) is 11.8 Å². The number of hydrogen-bond acceptors (Lipinski definition) is 4. The molecule has 1 rings (SSSR count). The van der Waals surface area contributed by atoms with E-state index in [0.29, 0.717) is 25.6 Å². The summed E-state index contributed by atoms with van der Waals surface area (Å²) in [7, 11) is 0. The van der Waals surface area contributed by atoms with Crippen molar-refractivity contribution in [2.24, 2.45) is 11.8 Å². The third-order valence-corrected chi connectivity index (χ3v) is 4.42. The summed E-state index contributed by atoms with van der Waals surface area (Å²) in [5.41, 5.74) is -0.585. The molecule has 0 heterocycles. The van der Waals surface area contributed by atoms with Crippen LogP contribution >= 0.6 is 0 Å². The molecule has 1 aliphatic rings. The third kappa shape index (κ3) is 8.15. The molecule has 4 heteroatoms. The van der Waals surface area contributed by atoms with Crippen LogP contribution in [0.1, 0.15) is 59.8 Å². The van der Waals surface area contributed by atoms with E-state index in [0.717, 1.165) is 38.0 Å². The van der Waals surface area contributed by atoms with Crippen molar-refractivity contribution in [3.8, 4) is 0 Å². The number of ether oxygens (including phenoxy) is 1. The standard InChI is InChI=1S/C17H35NO3/c1-13(2)9-15(4)21-11-16(19)10-18-12-17(20)7-5-14(3)6-8-17/h13-16,18-20H,5-12H2,1-4H3. The first-order valence-corrected chi connectivity index (χ1v) is 8.53. The fourth-order valence-electron chi connectivity index (χ4n) is 3.01. The Balaban J connectivity index is 2.11. The Labute approximate surface area is 130 Å². The van der Waals surface area contributed by atoms with Crippen molar-refractivity contribution in [2.75, 3.05) is 19.7 Å². The zero-order valence-electron chi connectivity index (χ0n) is 14.3. The lowest BCUT2D eigenvalue weighted by Gasteiger charge is -2.35. The molecule has 2 unspecified atom stereocenters. The molecule has 2 atom stereocenters. The highest BCUT2D eigenvalue weighted by atomic mass is 16.5. The van der Waals surface area contributed by atoms with Gasteiger partial charge < -0.3 is 20.3 Å². The topological polar surface area (TPSA) is 61.7 Å². The van der Waals surface area contributed by atoms with E-state index in [9.17, 15) is 10.2 Å². The van der Waals surface area contributed by atoms with Crippen molar-refractivity contribution in [3.05, 3.63) is 0 Å². The van der Waals surface area contributed by atoms with E-state index in [4.69, 9.17) is 4.74 Å². The predicted molar refractivity (Wildman–Crippen MR) is 86.3 cm³/mol. The van der Waals surface area contributed by atoms with Crippen LogP contribution in [0.5, 0.6) is 0 Å². The summed E-state index contributed by atoms with van der Waals surface area (Å²) in [6.07, 6.45) is 4.60. The van der Waals surface area contributed by atoms with E-state index in [1.165, 1.54) is 0 Å². The highest BCUT2D eigenvalue weighted by Gasteiger charge is 2.31. The summed E-state index contributed by atoms with van der Waals surface area (Å²) in [5, 5.41) is 23.6.